The van der Waals surface area contributed by atoms with E-state index in [0.717, 1.165) is 31.5 Å². The number of hydrogen-bond acceptors (Lipinski definition) is 6. The van der Waals surface area contributed by atoms with Crippen LogP contribution in [0.5, 0.6) is 0 Å². The lowest BCUT2D eigenvalue weighted by atomic mass is 10.1. The van der Waals surface area contributed by atoms with E-state index in [0.29, 0.717) is 27.8 Å². The first-order valence-corrected chi connectivity index (χ1v) is 12.2. The molecule has 0 atom stereocenters. The van der Waals surface area contributed by atoms with Gasteiger partial charge in [0.25, 0.3) is 0 Å². The van der Waals surface area contributed by atoms with Crippen LogP contribution < -0.4 is 15.5 Å². The number of alkyl halides is 3. The number of aromatic nitrogens is 3. The van der Waals surface area contributed by atoms with Crippen LogP contribution in [-0.2, 0) is 11.0 Å². The van der Waals surface area contributed by atoms with Crippen LogP contribution in [0.1, 0.15) is 19.4 Å². The molecule has 11 heteroatoms. The lowest BCUT2D eigenvalue weighted by Gasteiger charge is -2.27. The van der Waals surface area contributed by atoms with Crippen molar-refractivity contribution in [2.24, 2.45) is 0 Å². The monoisotopic (exact) mass is 525 g/mol. The number of carbonyl (C=O) groups is 1. The summed E-state index contributed by atoms with van der Waals surface area (Å²) in [7, 11) is 3.98. The number of likely N-dealkylation sites (N-methyl/N-ethyl adjacent to an activating group) is 2. The highest BCUT2D eigenvalue weighted by molar-refractivity contribution is 5.96. The van der Waals surface area contributed by atoms with Crippen LogP contribution in [0.15, 0.2) is 54.9 Å². The van der Waals surface area contributed by atoms with Crippen LogP contribution in [0.25, 0.3) is 22.2 Å². The molecular weight excluding hydrogens is 495 g/mol. The van der Waals surface area contributed by atoms with Crippen molar-refractivity contribution in [3.8, 4) is 11.3 Å². The summed E-state index contributed by atoms with van der Waals surface area (Å²) in [6, 6.07) is 12.5. The Morgan fingerprint density at radius 2 is 1.87 bits per heavy atom. The molecule has 2 heterocycles. The Labute approximate surface area is 218 Å². The zero-order valence-corrected chi connectivity index (χ0v) is 21.6. The number of hydrogen-bond donors (Lipinski definition) is 3. The van der Waals surface area contributed by atoms with Crippen molar-refractivity contribution in [2.45, 2.75) is 20.0 Å². The molecule has 0 spiro atoms. The van der Waals surface area contributed by atoms with Crippen molar-refractivity contribution in [3.05, 3.63) is 60.4 Å². The van der Waals surface area contributed by atoms with Crippen molar-refractivity contribution >= 4 is 39.8 Å². The topological polar surface area (TPSA) is 89.2 Å². The number of anilines is 4. The first-order chi connectivity index (χ1) is 18.1. The number of para-hydroxylation sites is 1. The molecule has 0 saturated carbocycles. The van der Waals surface area contributed by atoms with E-state index in [9.17, 15) is 18.0 Å². The van der Waals surface area contributed by atoms with Crippen LogP contribution in [-0.4, -0.2) is 59.5 Å². The number of nitrogens with zero attached hydrogens (tertiary/aromatic N) is 4. The van der Waals surface area contributed by atoms with Gasteiger partial charge in [-0.1, -0.05) is 18.2 Å². The van der Waals surface area contributed by atoms with Gasteiger partial charge in [0.2, 0.25) is 11.9 Å². The minimum absolute atomic E-state index is 0.000221. The summed E-state index contributed by atoms with van der Waals surface area (Å²) < 4.78 is 41.6. The van der Waals surface area contributed by atoms with Crippen LogP contribution >= 0.6 is 0 Å². The summed E-state index contributed by atoms with van der Waals surface area (Å²) in [5.74, 6) is -0.237. The van der Waals surface area contributed by atoms with Crippen LogP contribution in [0.4, 0.5) is 36.2 Å². The Morgan fingerprint density at radius 3 is 2.55 bits per heavy atom. The molecule has 8 nitrogen and oxygen atoms in total. The molecule has 4 aromatic rings. The summed E-state index contributed by atoms with van der Waals surface area (Å²) in [6.07, 6.45) is -2.33. The van der Waals surface area contributed by atoms with Gasteiger partial charge < -0.3 is 25.4 Å². The molecule has 0 aliphatic carbocycles. The SMILES string of the molecule is CCN(CCN(C)C)c1ccc(Nc2ncc(C(F)(F)F)c(-c3c[nH]c4ccccc34)n2)cc1NC(C)=O. The first kappa shape index (κ1) is 26.9. The predicted molar refractivity (Wildman–Crippen MR) is 145 cm³/mol. The third-order valence-corrected chi connectivity index (χ3v) is 6.04. The fraction of sp³-hybridized carbons (Fsp3) is 0.296. The van der Waals surface area contributed by atoms with Gasteiger partial charge in [0, 0.05) is 61.1 Å². The highest BCUT2D eigenvalue weighted by atomic mass is 19.4. The van der Waals surface area contributed by atoms with E-state index in [4.69, 9.17) is 0 Å². The molecule has 38 heavy (non-hydrogen) atoms. The smallest absolute Gasteiger partial charge is 0.369 e. The molecule has 0 fully saturated rings. The van der Waals surface area contributed by atoms with E-state index in [-0.39, 0.29) is 17.5 Å². The normalized spacial score (nSPS) is 11.7. The largest absolute Gasteiger partial charge is 0.419 e. The van der Waals surface area contributed by atoms with Gasteiger partial charge in [-0.3, -0.25) is 4.79 Å². The van der Waals surface area contributed by atoms with Gasteiger partial charge in [-0.25, -0.2) is 9.97 Å². The standard InChI is InChI=1S/C27H30F3N7O/c1-5-37(13-12-36(3)4)24-11-10-18(14-23(24)33-17(2)38)34-26-32-16-21(27(28,29)30)25(35-26)20-15-31-22-9-7-6-8-19(20)22/h6-11,14-16,31H,5,12-13H2,1-4H3,(H,33,38)(H,32,34,35). The fourth-order valence-electron chi connectivity index (χ4n) is 4.20. The van der Waals surface area contributed by atoms with Crippen molar-refractivity contribution in [3.63, 3.8) is 0 Å². The average Bonchev–Trinajstić information content (AvgIpc) is 3.28. The molecule has 0 bridgehead atoms. The second-order valence-corrected chi connectivity index (χ2v) is 9.12. The van der Waals surface area contributed by atoms with Gasteiger partial charge in [-0.15, -0.1) is 0 Å². The first-order valence-electron chi connectivity index (χ1n) is 12.2. The second kappa shape index (κ2) is 11.1. The van der Waals surface area contributed by atoms with E-state index in [2.05, 4.69) is 35.4 Å². The number of aromatic amines is 1. The lowest BCUT2D eigenvalue weighted by molar-refractivity contribution is -0.137. The predicted octanol–water partition coefficient (Wildman–Crippen LogP) is 5.73. The maximum Gasteiger partial charge on any atom is 0.419 e. The van der Waals surface area contributed by atoms with Gasteiger partial charge in [0.1, 0.15) is 5.56 Å². The van der Waals surface area contributed by atoms with E-state index in [1.807, 2.05) is 27.1 Å². The summed E-state index contributed by atoms with van der Waals surface area (Å²) >= 11 is 0. The summed E-state index contributed by atoms with van der Waals surface area (Å²) in [6.45, 7) is 5.75. The Hall–Kier alpha value is -4.12. The minimum atomic E-state index is -4.64. The number of benzene rings is 2. The minimum Gasteiger partial charge on any atom is -0.369 e. The highest BCUT2D eigenvalue weighted by Gasteiger charge is 2.36. The third kappa shape index (κ3) is 6.05. The number of halogens is 3. The Bertz CT molecular complexity index is 1430. The average molecular weight is 526 g/mol. The van der Waals surface area contributed by atoms with Crippen molar-refractivity contribution in [1.82, 2.24) is 19.9 Å². The fourth-order valence-corrected chi connectivity index (χ4v) is 4.20. The number of H-pyrrole nitrogens is 1. The molecule has 0 saturated heterocycles. The molecule has 0 radical (unpaired) electrons. The zero-order chi connectivity index (χ0) is 27.4. The summed E-state index contributed by atoms with van der Waals surface area (Å²) in [5, 5.41) is 6.48. The second-order valence-electron chi connectivity index (χ2n) is 9.12. The lowest BCUT2D eigenvalue weighted by Crippen LogP contribution is -2.32. The van der Waals surface area contributed by atoms with Gasteiger partial charge in [-0.05, 0) is 45.3 Å². The maximum absolute atomic E-state index is 13.9. The van der Waals surface area contributed by atoms with E-state index >= 15 is 0 Å². The number of nitrogens with one attached hydrogen (secondary N) is 3. The highest BCUT2D eigenvalue weighted by Crippen LogP contribution is 2.39. The number of carbonyl (C=O) groups excluding carboxylic acids is 1. The molecule has 0 unspecified atom stereocenters. The summed E-state index contributed by atoms with van der Waals surface area (Å²) in [5.41, 5.74) is 1.80. The number of amides is 1. The molecule has 0 aliphatic rings. The molecule has 2 aromatic heterocycles. The van der Waals surface area contributed by atoms with Crippen LogP contribution in [0.2, 0.25) is 0 Å². The van der Waals surface area contributed by atoms with E-state index < -0.39 is 11.7 Å². The Morgan fingerprint density at radius 1 is 1.11 bits per heavy atom. The Kier molecular flexibility index (Phi) is 7.86. The zero-order valence-electron chi connectivity index (χ0n) is 21.6. The molecule has 4 rings (SSSR count). The van der Waals surface area contributed by atoms with Crippen molar-refractivity contribution < 1.29 is 18.0 Å². The van der Waals surface area contributed by atoms with E-state index in [1.165, 1.54) is 13.1 Å². The van der Waals surface area contributed by atoms with Gasteiger partial charge in [-0.2, -0.15) is 13.2 Å². The summed E-state index contributed by atoms with van der Waals surface area (Å²) in [4.78, 5) is 27.4. The van der Waals surface area contributed by atoms with Gasteiger partial charge in [0.05, 0.1) is 17.1 Å². The Balaban J connectivity index is 1.72. The van der Waals surface area contributed by atoms with E-state index in [1.54, 1.807) is 36.4 Å². The number of rotatable bonds is 9. The van der Waals surface area contributed by atoms with Crippen LogP contribution in [0.3, 0.4) is 0 Å². The molecule has 3 N–H and O–H groups in total. The molecule has 2 aromatic carbocycles. The molecular formula is C27H30F3N7O. The molecule has 0 aliphatic heterocycles. The van der Waals surface area contributed by atoms with Gasteiger partial charge >= 0.3 is 6.18 Å². The molecule has 200 valence electrons. The third-order valence-electron chi connectivity index (χ3n) is 6.04. The van der Waals surface area contributed by atoms with Gasteiger partial charge in [0.15, 0.2) is 0 Å². The quantitative estimate of drug-likeness (QED) is 0.259. The number of fused-ring (bicyclic) bond motifs is 1. The van der Waals surface area contributed by atoms with Crippen LogP contribution in [0, 0.1) is 0 Å². The maximum atomic E-state index is 13.9. The van der Waals surface area contributed by atoms with Crippen molar-refractivity contribution in [2.75, 3.05) is 49.3 Å². The molecule has 1 amide bonds. The van der Waals surface area contributed by atoms with Crippen molar-refractivity contribution in [1.29, 1.82) is 0 Å².